The zero-order chi connectivity index (χ0) is 54.3. The predicted octanol–water partition coefficient (Wildman–Crippen LogP) is 23.5. The molecule has 0 aliphatic rings. The zero-order valence-corrected chi connectivity index (χ0v) is 51.4. The van der Waals surface area contributed by atoms with Gasteiger partial charge in [0.2, 0.25) is 0 Å². The van der Waals surface area contributed by atoms with Gasteiger partial charge in [0.15, 0.2) is 6.10 Å². The van der Waals surface area contributed by atoms with Crippen LogP contribution in [0.2, 0.25) is 0 Å². The fraction of sp³-hybridized carbons (Fsp3) is 0.957. The third-order valence-corrected chi connectivity index (χ3v) is 16.1. The Labute approximate surface area is 469 Å². The second kappa shape index (κ2) is 64.9. The molecular formula is C69H134O6. The number of carbonyl (C=O) groups is 3. The van der Waals surface area contributed by atoms with Gasteiger partial charge in [-0.25, -0.2) is 0 Å². The lowest BCUT2D eigenvalue weighted by molar-refractivity contribution is -0.167. The lowest BCUT2D eigenvalue weighted by atomic mass is 10.0. The van der Waals surface area contributed by atoms with Crippen molar-refractivity contribution in [2.24, 2.45) is 0 Å². The summed E-state index contributed by atoms with van der Waals surface area (Å²) in [7, 11) is 0. The Balaban J connectivity index is 3.95. The third kappa shape index (κ3) is 63.1. The van der Waals surface area contributed by atoms with E-state index in [0.717, 1.165) is 57.8 Å². The molecule has 446 valence electrons. The minimum Gasteiger partial charge on any atom is -0.462 e. The van der Waals surface area contributed by atoms with Gasteiger partial charge in [0.05, 0.1) is 0 Å². The maximum atomic E-state index is 12.9. The first-order chi connectivity index (χ1) is 37.0. The molecule has 0 rings (SSSR count). The molecule has 0 aromatic heterocycles. The van der Waals surface area contributed by atoms with Crippen molar-refractivity contribution in [3.05, 3.63) is 0 Å². The van der Waals surface area contributed by atoms with E-state index in [4.69, 9.17) is 14.2 Å². The van der Waals surface area contributed by atoms with Crippen LogP contribution in [0.25, 0.3) is 0 Å². The van der Waals surface area contributed by atoms with Crippen LogP contribution in [0.4, 0.5) is 0 Å². The normalized spacial score (nSPS) is 11.9. The maximum absolute atomic E-state index is 12.9. The van der Waals surface area contributed by atoms with Crippen LogP contribution in [0.3, 0.4) is 0 Å². The van der Waals surface area contributed by atoms with Crippen molar-refractivity contribution in [1.82, 2.24) is 0 Å². The summed E-state index contributed by atoms with van der Waals surface area (Å²) in [5.41, 5.74) is 0. The highest BCUT2D eigenvalue weighted by atomic mass is 16.6. The van der Waals surface area contributed by atoms with Crippen LogP contribution in [0, 0.1) is 0 Å². The molecule has 0 aromatic rings. The van der Waals surface area contributed by atoms with Crippen LogP contribution in [-0.4, -0.2) is 37.2 Å². The molecule has 0 spiro atoms. The van der Waals surface area contributed by atoms with E-state index in [2.05, 4.69) is 20.8 Å². The van der Waals surface area contributed by atoms with Crippen LogP contribution in [0.15, 0.2) is 0 Å². The monoisotopic (exact) mass is 1060 g/mol. The number of rotatable bonds is 65. The molecule has 0 aliphatic heterocycles. The predicted molar refractivity (Wildman–Crippen MR) is 326 cm³/mol. The second-order valence-corrected chi connectivity index (χ2v) is 23.8. The molecule has 1 atom stereocenters. The molecule has 6 nitrogen and oxygen atoms in total. The first kappa shape index (κ1) is 73.4. The van der Waals surface area contributed by atoms with Gasteiger partial charge in [-0.15, -0.1) is 0 Å². The highest BCUT2D eigenvalue weighted by molar-refractivity contribution is 5.71. The van der Waals surface area contributed by atoms with Crippen LogP contribution in [-0.2, 0) is 28.6 Å². The van der Waals surface area contributed by atoms with Gasteiger partial charge in [0.25, 0.3) is 0 Å². The van der Waals surface area contributed by atoms with Crippen molar-refractivity contribution in [2.75, 3.05) is 13.2 Å². The van der Waals surface area contributed by atoms with Crippen molar-refractivity contribution < 1.29 is 28.6 Å². The van der Waals surface area contributed by atoms with E-state index in [1.54, 1.807) is 0 Å². The summed E-state index contributed by atoms with van der Waals surface area (Å²) in [6, 6.07) is 0. The van der Waals surface area contributed by atoms with Crippen molar-refractivity contribution in [3.8, 4) is 0 Å². The molecule has 0 saturated carbocycles. The molecule has 1 unspecified atom stereocenters. The molecule has 0 radical (unpaired) electrons. The highest BCUT2D eigenvalue weighted by Gasteiger charge is 2.19. The van der Waals surface area contributed by atoms with Gasteiger partial charge < -0.3 is 14.2 Å². The molecule has 0 fully saturated rings. The van der Waals surface area contributed by atoms with Gasteiger partial charge in [-0.2, -0.15) is 0 Å². The zero-order valence-electron chi connectivity index (χ0n) is 51.4. The van der Waals surface area contributed by atoms with E-state index in [-0.39, 0.29) is 31.1 Å². The van der Waals surface area contributed by atoms with Gasteiger partial charge in [0, 0.05) is 19.3 Å². The average molecular weight is 1060 g/mol. The second-order valence-electron chi connectivity index (χ2n) is 23.8. The summed E-state index contributed by atoms with van der Waals surface area (Å²) >= 11 is 0. The Morgan fingerprint density at radius 3 is 0.533 bits per heavy atom. The largest absolute Gasteiger partial charge is 0.462 e. The van der Waals surface area contributed by atoms with E-state index >= 15 is 0 Å². The SMILES string of the molecule is CCCCCCCCCCCCCCCCCCCCCCCCCCCCCCCCCC(=O)OCC(COC(=O)CCCCCCCCC)OC(=O)CCCCCCCCCCCCCCCCCCCCC. The van der Waals surface area contributed by atoms with Gasteiger partial charge in [-0.1, -0.05) is 367 Å². The Morgan fingerprint density at radius 1 is 0.213 bits per heavy atom. The summed E-state index contributed by atoms with van der Waals surface area (Å²) in [5, 5.41) is 0. The molecule has 0 aromatic carbocycles. The maximum Gasteiger partial charge on any atom is 0.306 e. The van der Waals surface area contributed by atoms with Crippen LogP contribution < -0.4 is 0 Å². The average Bonchev–Trinajstić information content (AvgIpc) is 3.41. The molecule has 6 heteroatoms. The van der Waals surface area contributed by atoms with Crippen molar-refractivity contribution in [2.45, 2.75) is 412 Å². The topological polar surface area (TPSA) is 78.9 Å². The number of esters is 3. The highest BCUT2D eigenvalue weighted by Crippen LogP contribution is 2.19. The number of hydrogen-bond donors (Lipinski definition) is 0. The number of ether oxygens (including phenoxy) is 3. The summed E-state index contributed by atoms with van der Waals surface area (Å²) in [4.78, 5) is 38.1. The van der Waals surface area contributed by atoms with Gasteiger partial charge in [0.1, 0.15) is 13.2 Å². The Morgan fingerprint density at radius 2 is 0.360 bits per heavy atom. The van der Waals surface area contributed by atoms with Crippen LogP contribution in [0.5, 0.6) is 0 Å². The van der Waals surface area contributed by atoms with E-state index in [9.17, 15) is 14.4 Å². The Bertz CT molecular complexity index is 1120. The van der Waals surface area contributed by atoms with E-state index < -0.39 is 6.10 Å². The minimum atomic E-state index is -0.761. The molecule has 0 saturated heterocycles. The molecule has 75 heavy (non-hydrogen) atoms. The summed E-state index contributed by atoms with van der Waals surface area (Å²) in [6.07, 6.45) is 76.0. The quantitative estimate of drug-likeness (QED) is 0.0343. The van der Waals surface area contributed by atoms with Crippen LogP contribution >= 0.6 is 0 Å². The van der Waals surface area contributed by atoms with Crippen molar-refractivity contribution in [3.63, 3.8) is 0 Å². The standard InChI is InChI=1S/C69H134O6/c1-4-7-10-13-16-18-20-22-24-26-28-29-30-31-32-33-34-35-36-37-38-39-41-42-44-46-48-50-53-56-59-62-68(71)74-65-66(64-73-67(70)61-58-55-52-15-12-9-6-3)75-69(72)63-60-57-54-51-49-47-45-43-40-27-25-23-21-19-17-14-11-8-5-2/h66H,4-65H2,1-3H3. The number of carbonyl (C=O) groups excluding carboxylic acids is 3. The molecule has 0 bridgehead atoms. The van der Waals surface area contributed by atoms with Gasteiger partial charge >= 0.3 is 17.9 Å². The molecule has 0 aliphatic carbocycles. The third-order valence-electron chi connectivity index (χ3n) is 16.1. The first-order valence-electron chi connectivity index (χ1n) is 34.5. The van der Waals surface area contributed by atoms with Crippen molar-refractivity contribution in [1.29, 1.82) is 0 Å². The summed E-state index contributed by atoms with van der Waals surface area (Å²) in [5.74, 6) is -0.835. The lowest BCUT2D eigenvalue weighted by Gasteiger charge is -2.18. The van der Waals surface area contributed by atoms with E-state index in [0.29, 0.717) is 19.3 Å². The Kier molecular flexibility index (Phi) is 63.6. The van der Waals surface area contributed by atoms with Crippen molar-refractivity contribution >= 4 is 17.9 Å². The number of hydrogen-bond acceptors (Lipinski definition) is 6. The Hall–Kier alpha value is -1.59. The first-order valence-corrected chi connectivity index (χ1v) is 34.5. The summed E-state index contributed by atoms with van der Waals surface area (Å²) in [6.45, 7) is 6.69. The minimum absolute atomic E-state index is 0.0614. The smallest absolute Gasteiger partial charge is 0.306 e. The van der Waals surface area contributed by atoms with E-state index in [1.807, 2.05) is 0 Å². The number of unbranched alkanes of at least 4 members (excludes halogenated alkanes) is 54. The lowest BCUT2D eigenvalue weighted by Crippen LogP contribution is -2.30. The fourth-order valence-electron chi connectivity index (χ4n) is 10.9. The van der Waals surface area contributed by atoms with E-state index in [1.165, 1.54) is 308 Å². The molecular weight excluding hydrogens is 925 g/mol. The molecule has 0 heterocycles. The molecule has 0 amide bonds. The van der Waals surface area contributed by atoms with Gasteiger partial charge in [-0.05, 0) is 19.3 Å². The van der Waals surface area contributed by atoms with Gasteiger partial charge in [-0.3, -0.25) is 14.4 Å². The summed E-state index contributed by atoms with van der Waals surface area (Å²) < 4.78 is 16.9. The van der Waals surface area contributed by atoms with Crippen LogP contribution in [0.1, 0.15) is 406 Å². The molecule has 0 N–H and O–H groups in total. The fourth-order valence-corrected chi connectivity index (χ4v) is 10.9.